The molecule has 0 aliphatic carbocycles. The first kappa shape index (κ1) is 19.7. The Bertz CT molecular complexity index is 1080. The zero-order valence-corrected chi connectivity index (χ0v) is 16.0. The van der Waals surface area contributed by atoms with Crippen molar-refractivity contribution in [1.82, 2.24) is 4.72 Å². The van der Waals surface area contributed by atoms with Crippen LogP contribution in [-0.4, -0.2) is 14.8 Å². The maximum absolute atomic E-state index is 12.6. The molecule has 9 heteroatoms. The van der Waals surface area contributed by atoms with Crippen molar-refractivity contribution in [2.24, 2.45) is 0 Å². The number of ether oxygens (including phenoxy) is 1. The highest BCUT2D eigenvalue weighted by atomic mass is 79.9. The average Bonchev–Trinajstić information content (AvgIpc) is 2.58. The number of nitrogens with one attached hydrogen (secondary N) is 1. The number of sulfonamides is 1. The summed E-state index contributed by atoms with van der Waals surface area (Å²) in [4.78, 5) is -0.594. The maximum Gasteiger partial charge on any atom is 0.573 e. The summed E-state index contributed by atoms with van der Waals surface area (Å²) in [7, 11) is -4.24. The Kier molecular flexibility index (Phi) is 5.45. The van der Waals surface area contributed by atoms with Crippen molar-refractivity contribution in [3.05, 3.63) is 70.7 Å². The summed E-state index contributed by atoms with van der Waals surface area (Å²) in [5.41, 5.74) is 0.701. The zero-order chi connectivity index (χ0) is 19.7. The van der Waals surface area contributed by atoms with Gasteiger partial charge in [0.25, 0.3) is 0 Å². The Hall–Kier alpha value is -2.10. The van der Waals surface area contributed by atoms with E-state index in [0.717, 1.165) is 22.9 Å². The van der Waals surface area contributed by atoms with E-state index < -0.39 is 27.0 Å². The second kappa shape index (κ2) is 7.49. The average molecular weight is 460 g/mol. The van der Waals surface area contributed by atoms with Crippen molar-refractivity contribution in [2.45, 2.75) is 17.8 Å². The smallest absolute Gasteiger partial charge is 0.404 e. The Labute approximate surface area is 162 Å². The number of alkyl halides is 3. The molecular weight excluding hydrogens is 447 g/mol. The fourth-order valence-electron chi connectivity index (χ4n) is 2.61. The van der Waals surface area contributed by atoms with E-state index in [2.05, 4.69) is 25.4 Å². The van der Waals surface area contributed by atoms with E-state index in [1.165, 1.54) is 6.07 Å². The first-order chi connectivity index (χ1) is 12.7. The van der Waals surface area contributed by atoms with E-state index in [-0.39, 0.29) is 11.0 Å². The van der Waals surface area contributed by atoms with Crippen LogP contribution >= 0.6 is 15.9 Å². The van der Waals surface area contributed by atoms with Gasteiger partial charge in [-0.15, -0.1) is 13.2 Å². The molecule has 0 bridgehead atoms. The summed E-state index contributed by atoms with van der Waals surface area (Å²) in [6.07, 6.45) is -5.01. The normalized spacial score (nSPS) is 12.3. The SMILES string of the molecule is O=S(=O)(NCc1cccc2ccccc12)c1ccc(Br)cc1OC(F)(F)F. The Morgan fingerprint density at radius 2 is 1.70 bits per heavy atom. The van der Waals surface area contributed by atoms with Gasteiger partial charge in [-0.05, 0) is 34.5 Å². The van der Waals surface area contributed by atoms with E-state index in [1.54, 1.807) is 12.1 Å². The van der Waals surface area contributed by atoms with Gasteiger partial charge in [0.05, 0.1) is 0 Å². The Balaban J connectivity index is 1.91. The third kappa shape index (κ3) is 4.79. The molecular formula is C18H13BrF3NO3S. The summed E-state index contributed by atoms with van der Waals surface area (Å²) in [5, 5.41) is 1.78. The minimum atomic E-state index is -5.01. The summed E-state index contributed by atoms with van der Waals surface area (Å²) in [6, 6.07) is 16.2. The molecule has 0 heterocycles. The number of benzene rings is 3. The van der Waals surface area contributed by atoms with Crippen molar-refractivity contribution in [2.75, 3.05) is 0 Å². The van der Waals surface area contributed by atoms with Crippen LogP contribution in [0.15, 0.2) is 70.0 Å². The van der Waals surface area contributed by atoms with Gasteiger partial charge in [-0.25, -0.2) is 13.1 Å². The van der Waals surface area contributed by atoms with E-state index in [9.17, 15) is 21.6 Å². The van der Waals surface area contributed by atoms with Crippen LogP contribution in [0.25, 0.3) is 10.8 Å². The molecule has 142 valence electrons. The van der Waals surface area contributed by atoms with Crippen LogP contribution in [0.3, 0.4) is 0 Å². The highest BCUT2D eigenvalue weighted by molar-refractivity contribution is 9.10. The Morgan fingerprint density at radius 3 is 2.44 bits per heavy atom. The number of fused-ring (bicyclic) bond motifs is 1. The second-order valence-electron chi connectivity index (χ2n) is 5.60. The van der Waals surface area contributed by atoms with Gasteiger partial charge in [-0.3, -0.25) is 0 Å². The summed E-state index contributed by atoms with van der Waals surface area (Å²) in [5.74, 6) is -0.803. The van der Waals surface area contributed by atoms with Gasteiger partial charge in [-0.2, -0.15) is 0 Å². The molecule has 0 radical (unpaired) electrons. The van der Waals surface area contributed by atoms with Crippen LogP contribution in [-0.2, 0) is 16.6 Å². The Morgan fingerprint density at radius 1 is 1.00 bits per heavy atom. The molecule has 3 aromatic carbocycles. The summed E-state index contributed by atoms with van der Waals surface area (Å²) < 4.78 is 69.5. The molecule has 0 atom stereocenters. The molecule has 0 unspecified atom stereocenters. The highest BCUT2D eigenvalue weighted by Gasteiger charge is 2.34. The topological polar surface area (TPSA) is 55.4 Å². The third-order valence-corrected chi connectivity index (χ3v) is 5.69. The van der Waals surface area contributed by atoms with Crippen LogP contribution in [0.4, 0.5) is 13.2 Å². The first-order valence-corrected chi connectivity index (χ1v) is 9.95. The molecule has 3 aromatic rings. The highest BCUT2D eigenvalue weighted by Crippen LogP contribution is 2.32. The molecule has 27 heavy (non-hydrogen) atoms. The first-order valence-electron chi connectivity index (χ1n) is 7.67. The van der Waals surface area contributed by atoms with Crippen LogP contribution in [0.5, 0.6) is 5.75 Å². The standard InChI is InChI=1S/C18H13BrF3NO3S/c19-14-8-9-17(16(10-14)26-18(20,21)22)27(24,25)23-11-13-6-3-5-12-4-1-2-7-15(12)13/h1-10,23H,11H2. The molecule has 3 rings (SSSR count). The predicted octanol–water partition coefficient (Wildman–Crippen LogP) is 4.98. The largest absolute Gasteiger partial charge is 0.573 e. The number of rotatable bonds is 5. The van der Waals surface area contributed by atoms with Crippen molar-refractivity contribution >= 4 is 36.7 Å². The molecule has 0 saturated heterocycles. The van der Waals surface area contributed by atoms with Gasteiger partial charge in [0, 0.05) is 11.0 Å². The van der Waals surface area contributed by atoms with Crippen LogP contribution < -0.4 is 9.46 Å². The summed E-state index contributed by atoms with van der Waals surface area (Å²) in [6.45, 7) is -0.0782. The maximum atomic E-state index is 12.6. The van der Waals surface area contributed by atoms with Gasteiger partial charge in [-0.1, -0.05) is 58.4 Å². The van der Waals surface area contributed by atoms with Crippen molar-refractivity contribution in [3.63, 3.8) is 0 Å². The second-order valence-corrected chi connectivity index (χ2v) is 8.25. The van der Waals surface area contributed by atoms with Gasteiger partial charge >= 0.3 is 6.36 Å². The number of hydrogen-bond acceptors (Lipinski definition) is 3. The lowest BCUT2D eigenvalue weighted by atomic mass is 10.1. The van der Waals surface area contributed by atoms with Gasteiger partial charge in [0.1, 0.15) is 4.90 Å². The minimum absolute atomic E-state index is 0.0782. The molecule has 0 spiro atoms. The quantitative estimate of drug-likeness (QED) is 0.585. The van der Waals surface area contributed by atoms with Crippen molar-refractivity contribution < 1.29 is 26.3 Å². The lowest BCUT2D eigenvalue weighted by Gasteiger charge is -2.15. The van der Waals surface area contributed by atoms with E-state index in [0.29, 0.717) is 5.56 Å². The van der Waals surface area contributed by atoms with Gasteiger partial charge in [0.2, 0.25) is 10.0 Å². The molecule has 0 aliphatic heterocycles. The fourth-order valence-corrected chi connectivity index (χ4v) is 4.06. The molecule has 0 fully saturated rings. The van der Waals surface area contributed by atoms with Crippen molar-refractivity contribution in [1.29, 1.82) is 0 Å². The van der Waals surface area contributed by atoms with Crippen LogP contribution in [0.2, 0.25) is 0 Å². The summed E-state index contributed by atoms with van der Waals surface area (Å²) >= 11 is 3.01. The number of hydrogen-bond donors (Lipinski definition) is 1. The van der Waals surface area contributed by atoms with Crippen LogP contribution in [0, 0.1) is 0 Å². The molecule has 1 N–H and O–H groups in total. The zero-order valence-electron chi connectivity index (χ0n) is 13.6. The lowest BCUT2D eigenvalue weighted by molar-refractivity contribution is -0.275. The predicted molar refractivity (Wildman–Crippen MR) is 98.8 cm³/mol. The molecule has 4 nitrogen and oxygen atoms in total. The van der Waals surface area contributed by atoms with Crippen molar-refractivity contribution in [3.8, 4) is 5.75 Å². The minimum Gasteiger partial charge on any atom is -0.404 e. The molecule has 0 aromatic heterocycles. The van der Waals surface area contributed by atoms with Gasteiger partial charge < -0.3 is 4.74 Å². The van der Waals surface area contributed by atoms with Gasteiger partial charge in [0.15, 0.2) is 5.75 Å². The van der Waals surface area contributed by atoms with E-state index in [4.69, 9.17) is 0 Å². The van der Waals surface area contributed by atoms with E-state index >= 15 is 0 Å². The fraction of sp³-hybridized carbons (Fsp3) is 0.111. The monoisotopic (exact) mass is 459 g/mol. The molecule has 0 saturated carbocycles. The van der Waals surface area contributed by atoms with Crippen LogP contribution in [0.1, 0.15) is 5.56 Å². The van der Waals surface area contributed by atoms with E-state index in [1.807, 2.05) is 30.3 Å². The molecule has 0 aliphatic rings. The molecule has 0 amide bonds. The third-order valence-electron chi connectivity index (χ3n) is 3.75. The number of halogens is 4. The lowest BCUT2D eigenvalue weighted by Crippen LogP contribution is -2.25.